The van der Waals surface area contributed by atoms with Crippen LogP contribution in [-0.4, -0.2) is 73.8 Å². The van der Waals surface area contributed by atoms with Gasteiger partial charge in [0.2, 0.25) is 11.3 Å². The number of nitrogens with zero attached hydrogens (tertiary/aromatic N) is 3. The Balaban J connectivity index is 1.88. The number of ether oxygens (including phenoxy) is 2. The Morgan fingerprint density at radius 1 is 1.08 bits per heavy atom. The molecule has 11 heteroatoms. The Hall–Kier alpha value is -3.57. The number of fused-ring (bicyclic) bond motifs is 1. The van der Waals surface area contributed by atoms with Crippen molar-refractivity contribution < 1.29 is 28.7 Å². The minimum absolute atomic E-state index is 0.000342. The summed E-state index contributed by atoms with van der Waals surface area (Å²) in [5, 5.41) is 2.21. The SMILES string of the molecule is CCC(=O)C(C)(N=O)C(=O)COc1ccc([C@@H]2Sc3ccccc3N(CCN(C)C)C(=O)C2OC(C)=O)cc1. The van der Waals surface area contributed by atoms with Crippen LogP contribution in [0.4, 0.5) is 5.69 Å². The van der Waals surface area contributed by atoms with E-state index in [-0.39, 0.29) is 12.3 Å². The number of Topliss-reactive ketones (excluding diaryl/α,β-unsaturated/α-hetero) is 2. The summed E-state index contributed by atoms with van der Waals surface area (Å²) in [6.45, 7) is 4.55. The fourth-order valence-corrected chi connectivity index (χ4v) is 5.41. The van der Waals surface area contributed by atoms with E-state index in [1.54, 1.807) is 36.1 Å². The number of carbonyl (C=O) groups excluding carboxylic acids is 4. The molecule has 3 rings (SSSR count). The standard InChI is InChI=1S/C28H33N3O7S/c1-6-23(33)28(3,29-36)24(34)17-37-20-13-11-19(12-14-20)26-25(38-18(2)32)27(35)31(16-15-30(4)5)21-9-7-8-10-22(21)39-26/h7-14,25-26H,6,15-17H2,1-5H3/t25?,26-,28?/m0/s1. The van der Waals surface area contributed by atoms with E-state index in [2.05, 4.69) is 5.18 Å². The summed E-state index contributed by atoms with van der Waals surface area (Å²) >= 11 is 1.43. The van der Waals surface area contributed by atoms with Crippen LogP contribution in [0, 0.1) is 4.91 Å². The molecule has 208 valence electrons. The van der Waals surface area contributed by atoms with E-state index < -0.39 is 41.0 Å². The predicted octanol–water partition coefficient (Wildman–Crippen LogP) is 3.81. The number of nitroso groups, excluding NO2 is 1. The molecule has 0 bridgehead atoms. The Morgan fingerprint density at radius 3 is 2.33 bits per heavy atom. The lowest BCUT2D eigenvalue weighted by atomic mass is 9.91. The lowest BCUT2D eigenvalue weighted by Gasteiger charge is -2.28. The number of rotatable bonds is 12. The van der Waals surface area contributed by atoms with Gasteiger partial charge in [0, 0.05) is 31.3 Å². The predicted molar refractivity (Wildman–Crippen MR) is 148 cm³/mol. The van der Waals surface area contributed by atoms with Crippen LogP contribution < -0.4 is 9.64 Å². The molecule has 1 aliphatic heterocycles. The van der Waals surface area contributed by atoms with Crippen LogP contribution in [0.15, 0.2) is 58.6 Å². The van der Waals surface area contributed by atoms with Gasteiger partial charge in [-0.15, -0.1) is 16.7 Å². The lowest BCUT2D eigenvalue weighted by Crippen LogP contribution is -2.45. The molecule has 0 spiro atoms. The molecule has 2 aromatic carbocycles. The summed E-state index contributed by atoms with van der Waals surface area (Å²) in [7, 11) is 3.84. The van der Waals surface area contributed by atoms with Gasteiger partial charge in [-0.25, -0.2) is 0 Å². The van der Waals surface area contributed by atoms with Crippen LogP contribution in [0.25, 0.3) is 0 Å². The van der Waals surface area contributed by atoms with Gasteiger partial charge in [0.1, 0.15) is 12.4 Å². The first-order chi connectivity index (χ1) is 18.5. The second kappa shape index (κ2) is 13.0. The summed E-state index contributed by atoms with van der Waals surface area (Å²) in [5.41, 5.74) is -0.529. The summed E-state index contributed by atoms with van der Waals surface area (Å²) in [4.78, 5) is 66.1. The Morgan fingerprint density at radius 2 is 1.74 bits per heavy atom. The first-order valence-electron chi connectivity index (χ1n) is 12.5. The normalized spacial score (nSPS) is 18.5. The minimum atomic E-state index is -1.99. The van der Waals surface area contributed by atoms with Crippen molar-refractivity contribution in [1.29, 1.82) is 0 Å². The molecule has 0 fully saturated rings. The average Bonchev–Trinajstić information content (AvgIpc) is 3.03. The third kappa shape index (κ3) is 6.90. The molecule has 2 aromatic rings. The number of likely N-dealkylation sites (N-methyl/N-ethyl adjacent to an activating group) is 1. The van der Waals surface area contributed by atoms with E-state index in [1.165, 1.54) is 25.6 Å². The molecule has 10 nitrogen and oxygen atoms in total. The zero-order valence-corrected chi connectivity index (χ0v) is 23.5. The highest BCUT2D eigenvalue weighted by Crippen LogP contribution is 2.46. The van der Waals surface area contributed by atoms with Gasteiger partial charge in [-0.2, -0.15) is 0 Å². The van der Waals surface area contributed by atoms with Crippen LogP contribution in [-0.2, 0) is 23.9 Å². The van der Waals surface area contributed by atoms with Crippen molar-refractivity contribution in [1.82, 2.24) is 4.90 Å². The molecule has 39 heavy (non-hydrogen) atoms. The lowest BCUT2D eigenvalue weighted by molar-refractivity contribution is -0.152. The molecular weight excluding hydrogens is 522 g/mol. The molecule has 0 saturated carbocycles. The van der Waals surface area contributed by atoms with Gasteiger partial charge in [-0.05, 0) is 56.0 Å². The van der Waals surface area contributed by atoms with Gasteiger partial charge >= 0.3 is 5.97 Å². The largest absolute Gasteiger partial charge is 0.486 e. The quantitative estimate of drug-likeness (QED) is 0.218. The zero-order chi connectivity index (χ0) is 28.7. The zero-order valence-electron chi connectivity index (χ0n) is 22.7. The maximum Gasteiger partial charge on any atom is 0.303 e. The average molecular weight is 556 g/mol. The van der Waals surface area contributed by atoms with E-state index in [1.807, 2.05) is 43.3 Å². The molecule has 0 aromatic heterocycles. The first-order valence-corrected chi connectivity index (χ1v) is 13.4. The molecule has 2 unspecified atom stereocenters. The van der Waals surface area contributed by atoms with E-state index in [4.69, 9.17) is 9.47 Å². The number of esters is 1. The number of amides is 1. The number of ketones is 2. The summed E-state index contributed by atoms with van der Waals surface area (Å²) in [6, 6.07) is 14.3. The molecule has 0 aliphatic carbocycles. The molecule has 1 heterocycles. The van der Waals surface area contributed by atoms with Gasteiger partial charge in [0.05, 0.1) is 10.9 Å². The van der Waals surface area contributed by atoms with Gasteiger partial charge in [0.15, 0.2) is 11.9 Å². The molecule has 3 atom stereocenters. The number of carbonyl (C=O) groups is 4. The van der Waals surface area contributed by atoms with Crippen molar-refractivity contribution in [2.75, 3.05) is 38.7 Å². The Labute approximate surface area is 232 Å². The van der Waals surface area contributed by atoms with Gasteiger partial charge in [-0.1, -0.05) is 31.2 Å². The van der Waals surface area contributed by atoms with Crippen LogP contribution in [0.2, 0.25) is 0 Å². The smallest absolute Gasteiger partial charge is 0.303 e. The highest BCUT2D eigenvalue weighted by atomic mass is 32.2. The second-order valence-electron chi connectivity index (χ2n) is 9.55. The first kappa shape index (κ1) is 30.0. The topological polar surface area (TPSA) is 123 Å². The van der Waals surface area contributed by atoms with Crippen molar-refractivity contribution in [3.63, 3.8) is 0 Å². The molecule has 0 N–H and O–H groups in total. The summed E-state index contributed by atoms with van der Waals surface area (Å²) in [5.74, 6) is -1.87. The van der Waals surface area contributed by atoms with Gasteiger partial charge in [-0.3, -0.25) is 19.2 Å². The van der Waals surface area contributed by atoms with Crippen molar-refractivity contribution in [3.05, 3.63) is 59.0 Å². The number of para-hydroxylation sites is 1. The highest BCUT2D eigenvalue weighted by Gasteiger charge is 2.42. The summed E-state index contributed by atoms with van der Waals surface area (Å²) in [6.07, 6.45) is -1.07. The Bertz CT molecular complexity index is 1230. The Kier molecular flexibility index (Phi) is 9.98. The third-order valence-corrected chi connectivity index (χ3v) is 7.80. The monoisotopic (exact) mass is 555 g/mol. The van der Waals surface area contributed by atoms with Crippen LogP contribution in [0.5, 0.6) is 5.75 Å². The van der Waals surface area contributed by atoms with E-state index in [9.17, 15) is 24.1 Å². The van der Waals surface area contributed by atoms with Crippen molar-refractivity contribution in [3.8, 4) is 5.75 Å². The van der Waals surface area contributed by atoms with E-state index in [0.29, 0.717) is 24.4 Å². The fourth-order valence-electron chi connectivity index (χ4n) is 4.09. The number of hydrogen-bond donors (Lipinski definition) is 0. The maximum atomic E-state index is 13.8. The van der Waals surface area contributed by atoms with Crippen molar-refractivity contribution in [2.45, 2.75) is 49.0 Å². The molecule has 1 amide bonds. The fraction of sp³-hybridized carbons (Fsp3) is 0.429. The van der Waals surface area contributed by atoms with E-state index >= 15 is 0 Å². The summed E-state index contributed by atoms with van der Waals surface area (Å²) < 4.78 is 11.1. The molecule has 0 saturated heterocycles. The van der Waals surface area contributed by atoms with Gasteiger partial charge in [0.25, 0.3) is 5.91 Å². The molecule has 1 aliphatic rings. The maximum absolute atomic E-state index is 13.8. The van der Waals surface area contributed by atoms with Crippen LogP contribution in [0.1, 0.15) is 38.0 Å². The highest BCUT2D eigenvalue weighted by molar-refractivity contribution is 7.99. The minimum Gasteiger partial charge on any atom is -0.486 e. The third-order valence-electron chi connectivity index (χ3n) is 6.43. The van der Waals surface area contributed by atoms with Gasteiger partial charge < -0.3 is 19.3 Å². The number of anilines is 1. The van der Waals surface area contributed by atoms with Crippen LogP contribution >= 0.6 is 11.8 Å². The van der Waals surface area contributed by atoms with Crippen LogP contribution in [0.3, 0.4) is 0 Å². The molecular formula is C28H33N3O7S. The number of benzene rings is 2. The van der Waals surface area contributed by atoms with Crippen molar-refractivity contribution >= 4 is 40.9 Å². The number of hydrogen-bond acceptors (Lipinski definition) is 10. The van der Waals surface area contributed by atoms with Crippen molar-refractivity contribution in [2.24, 2.45) is 5.18 Å². The van der Waals surface area contributed by atoms with E-state index in [0.717, 1.165) is 10.6 Å². The second-order valence-corrected chi connectivity index (χ2v) is 10.7. The molecule has 0 radical (unpaired) electrons. The number of thioether (sulfide) groups is 1.